The fourth-order valence-corrected chi connectivity index (χ4v) is 2.48. The molecule has 1 rings (SSSR count). The normalized spacial score (nSPS) is 13.2. The molecule has 0 aromatic carbocycles. The average molecular weight is 303 g/mol. The fourth-order valence-electron chi connectivity index (χ4n) is 1.80. The number of Topliss-reactive ketones (excluding diaryl/α,β-unsaturated/α-hetero) is 1. The zero-order valence-corrected chi connectivity index (χ0v) is 12.8. The molecule has 20 heavy (non-hydrogen) atoms. The number of nitrogens with two attached hydrogens (primary N) is 1. The number of nitrogens with zero attached hydrogens (tertiary/aromatic N) is 2. The van der Waals surface area contributed by atoms with Gasteiger partial charge in [0.2, 0.25) is 5.78 Å². The SMILES string of the molecule is CCCn1ncc(OC)c1C(=O)C(N)CCS(C)(=O)=O. The van der Waals surface area contributed by atoms with Crippen molar-refractivity contribution >= 4 is 15.6 Å². The first-order chi connectivity index (χ1) is 9.30. The quantitative estimate of drug-likeness (QED) is 0.690. The van der Waals surface area contributed by atoms with Crippen LogP contribution in [-0.4, -0.2) is 49.1 Å². The van der Waals surface area contributed by atoms with Crippen molar-refractivity contribution in [2.45, 2.75) is 32.4 Å². The summed E-state index contributed by atoms with van der Waals surface area (Å²) in [4.78, 5) is 12.3. The Balaban J connectivity index is 2.92. The molecule has 0 aliphatic heterocycles. The molecule has 1 heterocycles. The highest BCUT2D eigenvalue weighted by Crippen LogP contribution is 2.20. The van der Waals surface area contributed by atoms with Gasteiger partial charge in [0, 0.05) is 12.8 Å². The Hall–Kier alpha value is -1.41. The molecular formula is C12H21N3O4S. The number of hydrogen-bond acceptors (Lipinski definition) is 6. The van der Waals surface area contributed by atoms with Crippen LogP contribution < -0.4 is 10.5 Å². The topological polar surface area (TPSA) is 104 Å². The number of ketones is 1. The molecule has 0 amide bonds. The number of sulfone groups is 1. The molecule has 0 saturated carbocycles. The summed E-state index contributed by atoms with van der Waals surface area (Å²) in [5.74, 6) is -0.112. The maximum atomic E-state index is 12.3. The van der Waals surface area contributed by atoms with E-state index in [1.807, 2.05) is 6.92 Å². The summed E-state index contributed by atoms with van der Waals surface area (Å²) in [6, 6.07) is -0.883. The van der Waals surface area contributed by atoms with Crippen LogP contribution in [-0.2, 0) is 16.4 Å². The third-order valence-corrected chi connectivity index (χ3v) is 3.81. The van der Waals surface area contributed by atoms with Crippen LogP contribution in [0.15, 0.2) is 6.20 Å². The highest BCUT2D eigenvalue weighted by molar-refractivity contribution is 7.90. The Morgan fingerprint density at radius 1 is 1.55 bits per heavy atom. The number of hydrogen-bond donors (Lipinski definition) is 1. The van der Waals surface area contributed by atoms with Gasteiger partial charge in [-0.05, 0) is 12.8 Å². The Morgan fingerprint density at radius 3 is 2.70 bits per heavy atom. The van der Waals surface area contributed by atoms with Crippen LogP contribution >= 0.6 is 0 Å². The van der Waals surface area contributed by atoms with E-state index in [4.69, 9.17) is 10.5 Å². The number of rotatable bonds is 8. The minimum absolute atomic E-state index is 0.0815. The number of aryl methyl sites for hydroxylation is 1. The summed E-state index contributed by atoms with van der Waals surface area (Å²) in [5.41, 5.74) is 6.09. The summed E-state index contributed by atoms with van der Waals surface area (Å²) < 4.78 is 28.9. The molecule has 1 atom stereocenters. The lowest BCUT2D eigenvalue weighted by atomic mass is 10.1. The molecule has 0 aliphatic carbocycles. The maximum absolute atomic E-state index is 12.3. The van der Waals surface area contributed by atoms with Crippen LogP contribution in [0.4, 0.5) is 0 Å². The molecule has 2 N–H and O–H groups in total. The van der Waals surface area contributed by atoms with E-state index in [0.717, 1.165) is 12.7 Å². The molecule has 114 valence electrons. The predicted octanol–water partition coefficient (Wildman–Crippen LogP) is 0.246. The molecule has 0 saturated heterocycles. The second-order valence-electron chi connectivity index (χ2n) is 4.67. The molecule has 0 radical (unpaired) electrons. The Labute approximate surface area is 119 Å². The van der Waals surface area contributed by atoms with E-state index in [2.05, 4.69) is 5.10 Å². The third-order valence-electron chi connectivity index (χ3n) is 2.83. The van der Waals surface area contributed by atoms with E-state index in [-0.39, 0.29) is 18.0 Å². The van der Waals surface area contributed by atoms with Crippen LogP contribution in [0.2, 0.25) is 0 Å². The first kappa shape index (κ1) is 16.6. The molecule has 8 heteroatoms. The van der Waals surface area contributed by atoms with Gasteiger partial charge in [0.1, 0.15) is 15.5 Å². The van der Waals surface area contributed by atoms with Crippen LogP contribution in [0.3, 0.4) is 0 Å². The summed E-state index contributed by atoms with van der Waals surface area (Å²) in [5, 5.41) is 4.09. The van der Waals surface area contributed by atoms with Crippen molar-refractivity contribution in [1.29, 1.82) is 0 Å². The van der Waals surface area contributed by atoms with Gasteiger partial charge in [0.25, 0.3) is 0 Å². The number of carbonyl (C=O) groups is 1. The van der Waals surface area contributed by atoms with E-state index in [9.17, 15) is 13.2 Å². The van der Waals surface area contributed by atoms with Gasteiger partial charge in [-0.2, -0.15) is 5.10 Å². The van der Waals surface area contributed by atoms with E-state index in [1.54, 1.807) is 4.68 Å². The van der Waals surface area contributed by atoms with Crippen molar-refractivity contribution in [2.24, 2.45) is 5.73 Å². The lowest BCUT2D eigenvalue weighted by Gasteiger charge is -2.12. The summed E-state index contributed by atoms with van der Waals surface area (Å²) in [7, 11) is -1.69. The minimum atomic E-state index is -3.14. The van der Waals surface area contributed by atoms with Gasteiger partial charge in [0.15, 0.2) is 5.75 Å². The van der Waals surface area contributed by atoms with Crippen molar-refractivity contribution in [3.63, 3.8) is 0 Å². The molecule has 0 bridgehead atoms. The van der Waals surface area contributed by atoms with Gasteiger partial charge in [-0.15, -0.1) is 0 Å². The van der Waals surface area contributed by atoms with Gasteiger partial charge in [-0.1, -0.05) is 6.92 Å². The number of carbonyl (C=O) groups excluding carboxylic acids is 1. The summed E-state index contributed by atoms with van der Waals surface area (Å²) in [6.07, 6.45) is 3.47. The zero-order valence-electron chi connectivity index (χ0n) is 12.0. The van der Waals surface area contributed by atoms with Gasteiger partial charge in [0.05, 0.1) is 25.1 Å². The fraction of sp³-hybridized carbons (Fsp3) is 0.667. The Morgan fingerprint density at radius 2 is 2.20 bits per heavy atom. The second-order valence-corrected chi connectivity index (χ2v) is 6.93. The Bertz CT molecular complexity index is 565. The van der Waals surface area contributed by atoms with Crippen LogP contribution in [0, 0.1) is 0 Å². The first-order valence-corrected chi connectivity index (χ1v) is 8.43. The van der Waals surface area contributed by atoms with Gasteiger partial charge in [-0.3, -0.25) is 9.48 Å². The van der Waals surface area contributed by atoms with Gasteiger partial charge >= 0.3 is 0 Å². The van der Waals surface area contributed by atoms with Gasteiger partial charge < -0.3 is 10.5 Å². The molecule has 0 spiro atoms. The minimum Gasteiger partial charge on any atom is -0.493 e. The summed E-state index contributed by atoms with van der Waals surface area (Å²) in [6.45, 7) is 2.54. The van der Waals surface area contributed by atoms with E-state index in [1.165, 1.54) is 13.3 Å². The van der Waals surface area contributed by atoms with Crippen molar-refractivity contribution in [1.82, 2.24) is 9.78 Å². The monoisotopic (exact) mass is 303 g/mol. The van der Waals surface area contributed by atoms with Crippen LogP contribution in [0.1, 0.15) is 30.3 Å². The standard InChI is InChI=1S/C12H21N3O4S/c1-4-6-15-11(10(19-2)8-14-15)12(16)9(13)5-7-20(3,17)18/h8-9H,4-7,13H2,1-3H3. The maximum Gasteiger partial charge on any atom is 0.201 e. The van der Waals surface area contributed by atoms with Crippen molar-refractivity contribution in [3.05, 3.63) is 11.9 Å². The second kappa shape index (κ2) is 6.85. The highest BCUT2D eigenvalue weighted by Gasteiger charge is 2.25. The smallest absolute Gasteiger partial charge is 0.201 e. The molecule has 1 aromatic rings. The lowest BCUT2D eigenvalue weighted by Crippen LogP contribution is -2.34. The molecule has 7 nitrogen and oxygen atoms in total. The lowest BCUT2D eigenvalue weighted by molar-refractivity contribution is 0.0945. The average Bonchev–Trinajstić information content (AvgIpc) is 2.77. The molecule has 1 aromatic heterocycles. The summed E-state index contributed by atoms with van der Waals surface area (Å²) >= 11 is 0. The highest BCUT2D eigenvalue weighted by atomic mass is 32.2. The molecular weight excluding hydrogens is 282 g/mol. The first-order valence-electron chi connectivity index (χ1n) is 6.37. The van der Waals surface area contributed by atoms with Crippen molar-refractivity contribution in [3.8, 4) is 5.75 Å². The number of methoxy groups -OCH3 is 1. The van der Waals surface area contributed by atoms with E-state index < -0.39 is 15.9 Å². The third kappa shape index (κ3) is 4.31. The zero-order chi connectivity index (χ0) is 15.3. The predicted molar refractivity (Wildman–Crippen MR) is 75.7 cm³/mol. The molecule has 0 fully saturated rings. The van der Waals surface area contributed by atoms with E-state index >= 15 is 0 Å². The Kier molecular flexibility index (Phi) is 5.70. The van der Waals surface area contributed by atoms with Gasteiger partial charge in [-0.25, -0.2) is 8.42 Å². The van der Waals surface area contributed by atoms with Crippen molar-refractivity contribution in [2.75, 3.05) is 19.1 Å². The van der Waals surface area contributed by atoms with Crippen molar-refractivity contribution < 1.29 is 17.9 Å². The largest absolute Gasteiger partial charge is 0.493 e. The van der Waals surface area contributed by atoms with Crippen LogP contribution in [0.5, 0.6) is 5.75 Å². The molecule has 0 aliphatic rings. The number of aromatic nitrogens is 2. The van der Waals surface area contributed by atoms with Crippen LogP contribution in [0.25, 0.3) is 0 Å². The van der Waals surface area contributed by atoms with E-state index in [0.29, 0.717) is 18.0 Å². The number of ether oxygens (including phenoxy) is 1. The molecule has 1 unspecified atom stereocenters.